The molecule has 8 heteroatoms. The highest BCUT2D eigenvalue weighted by atomic mass is 16.5. The zero-order valence-electron chi connectivity index (χ0n) is 18.2. The zero-order valence-corrected chi connectivity index (χ0v) is 18.2. The van der Waals surface area contributed by atoms with E-state index in [1.54, 1.807) is 13.8 Å². The molecule has 0 aliphatic heterocycles. The predicted octanol–water partition coefficient (Wildman–Crippen LogP) is 2.50. The van der Waals surface area contributed by atoms with Crippen molar-refractivity contribution in [3.63, 3.8) is 0 Å². The van der Waals surface area contributed by atoms with Crippen LogP contribution in [0, 0.1) is 5.92 Å². The van der Waals surface area contributed by atoms with Crippen molar-refractivity contribution >= 4 is 18.0 Å². The first-order chi connectivity index (χ1) is 15.2. The molecule has 0 fully saturated rings. The van der Waals surface area contributed by atoms with Crippen molar-refractivity contribution in [3.05, 3.63) is 59.7 Å². The summed E-state index contributed by atoms with van der Waals surface area (Å²) in [7, 11) is 0. The number of fused-ring (bicyclic) bond motifs is 3. The molecule has 1 aliphatic rings. The Bertz CT molecular complexity index is 960. The molecule has 0 aromatic heterocycles. The van der Waals surface area contributed by atoms with Crippen molar-refractivity contribution in [3.8, 4) is 11.1 Å². The van der Waals surface area contributed by atoms with Crippen LogP contribution in [-0.2, 0) is 14.3 Å². The maximum Gasteiger partial charge on any atom is 0.407 e. The van der Waals surface area contributed by atoms with E-state index in [2.05, 4.69) is 10.6 Å². The molecule has 8 nitrogen and oxygen atoms in total. The number of carbonyl (C=O) groups is 3. The summed E-state index contributed by atoms with van der Waals surface area (Å²) >= 11 is 0. The van der Waals surface area contributed by atoms with Gasteiger partial charge in [-0.2, -0.15) is 0 Å². The first-order valence-corrected chi connectivity index (χ1v) is 10.5. The molecule has 3 rings (SSSR count). The number of carbonyl (C=O) groups excluding carboxylic acids is 2. The number of ether oxygens (including phenoxy) is 1. The van der Waals surface area contributed by atoms with E-state index in [9.17, 15) is 19.5 Å². The Balaban J connectivity index is 1.58. The minimum absolute atomic E-state index is 0.0773. The minimum atomic E-state index is -1.42. The van der Waals surface area contributed by atoms with Gasteiger partial charge >= 0.3 is 12.1 Å². The molecule has 0 bridgehead atoms. The van der Waals surface area contributed by atoms with Gasteiger partial charge in [-0.1, -0.05) is 55.5 Å². The number of carboxylic acids is 1. The average molecular weight is 440 g/mol. The average Bonchev–Trinajstić information content (AvgIpc) is 3.08. The lowest BCUT2D eigenvalue weighted by Crippen LogP contribution is -2.52. The molecule has 2 aromatic carbocycles. The van der Waals surface area contributed by atoms with Gasteiger partial charge in [0.15, 0.2) is 6.04 Å². The molecule has 4 N–H and O–H groups in total. The van der Waals surface area contributed by atoms with Crippen LogP contribution in [0.3, 0.4) is 0 Å². The minimum Gasteiger partial charge on any atom is -0.480 e. The third-order valence-corrected chi connectivity index (χ3v) is 5.90. The summed E-state index contributed by atoms with van der Waals surface area (Å²) in [6, 6.07) is 14.0. The van der Waals surface area contributed by atoms with Crippen molar-refractivity contribution in [2.75, 3.05) is 6.61 Å². The number of amides is 2. The molecule has 32 heavy (non-hydrogen) atoms. The number of rotatable bonds is 8. The second-order valence-corrected chi connectivity index (χ2v) is 8.11. The Morgan fingerprint density at radius 1 is 0.938 bits per heavy atom. The molecule has 0 radical (unpaired) electrons. The molecule has 4 atom stereocenters. The van der Waals surface area contributed by atoms with E-state index in [1.807, 2.05) is 48.5 Å². The van der Waals surface area contributed by atoms with Gasteiger partial charge in [-0.05, 0) is 36.1 Å². The van der Waals surface area contributed by atoms with Crippen molar-refractivity contribution < 1.29 is 29.3 Å². The summed E-state index contributed by atoms with van der Waals surface area (Å²) in [4.78, 5) is 35.9. The topological polar surface area (TPSA) is 125 Å². The molecule has 170 valence electrons. The fraction of sp³-hybridized carbons (Fsp3) is 0.375. The van der Waals surface area contributed by atoms with Gasteiger partial charge in [-0.3, -0.25) is 4.79 Å². The number of aliphatic hydroxyl groups excluding tert-OH is 1. The van der Waals surface area contributed by atoms with Crippen LogP contribution >= 0.6 is 0 Å². The lowest BCUT2D eigenvalue weighted by molar-refractivity contribution is -0.145. The number of hydrogen-bond acceptors (Lipinski definition) is 5. The Kier molecular flexibility index (Phi) is 7.15. The molecule has 2 aromatic rings. The Morgan fingerprint density at radius 2 is 1.47 bits per heavy atom. The Labute approximate surface area is 186 Å². The Morgan fingerprint density at radius 3 is 1.97 bits per heavy atom. The van der Waals surface area contributed by atoms with E-state index >= 15 is 0 Å². The van der Waals surface area contributed by atoms with Crippen molar-refractivity contribution in [2.45, 2.75) is 44.9 Å². The summed E-state index contributed by atoms with van der Waals surface area (Å²) < 4.78 is 5.48. The number of alkyl carbamates (subject to hydrolysis) is 1. The largest absolute Gasteiger partial charge is 0.480 e. The molecular weight excluding hydrogens is 412 g/mol. The number of aliphatic carboxylic acids is 1. The van der Waals surface area contributed by atoms with Gasteiger partial charge in [0.05, 0.1) is 12.0 Å². The van der Waals surface area contributed by atoms with E-state index in [1.165, 1.54) is 6.92 Å². The number of carboxylic acid groups (broad SMARTS) is 1. The van der Waals surface area contributed by atoms with Crippen LogP contribution in [0.1, 0.15) is 37.8 Å². The van der Waals surface area contributed by atoms with Crippen LogP contribution < -0.4 is 10.6 Å². The van der Waals surface area contributed by atoms with E-state index in [0.29, 0.717) is 0 Å². The van der Waals surface area contributed by atoms with Gasteiger partial charge in [-0.15, -0.1) is 0 Å². The SMILES string of the molecule is CC(O)C(NC(=O)C(C)C(C)NC(=O)OCC1c2ccccc2-c2ccccc21)C(=O)O. The van der Waals surface area contributed by atoms with E-state index in [0.717, 1.165) is 22.3 Å². The lowest BCUT2D eigenvalue weighted by atomic mass is 9.98. The van der Waals surface area contributed by atoms with Crippen LogP contribution in [0.15, 0.2) is 48.5 Å². The smallest absolute Gasteiger partial charge is 0.407 e. The van der Waals surface area contributed by atoms with Crippen LogP contribution in [0.2, 0.25) is 0 Å². The quantitative estimate of drug-likeness (QED) is 0.500. The van der Waals surface area contributed by atoms with E-state index in [4.69, 9.17) is 9.84 Å². The molecule has 1 aliphatic carbocycles. The summed E-state index contributed by atoms with van der Waals surface area (Å²) in [5.41, 5.74) is 4.45. The predicted molar refractivity (Wildman–Crippen MR) is 118 cm³/mol. The van der Waals surface area contributed by atoms with Gasteiger partial charge in [0.1, 0.15) is 6.61 Å². The highest BCUT2D eigenvalue weighted by molar-refractivity contribution is 5.86. The van der Waals surface area contributed by atoms with Crippen molar-refractivity contribution in [2.24, 2.45) is 5.92 Å². The molecule has 4 unspecified atom stereocenters. The van der Waals surface area contributed by atoms with Gasteiger partial charge in [0, 0.05) is 12.0 Å². The summed E-state index contributed by atoms with van der Waals surface area (Å²) in [5, 5.41) is 23.6. The highest BCUT2D eigenvalue weighted by Crippen LogP contribution is 2.44. The number of nitrogens with one attached hydrogen (secondary N) is 2. The zero-order chi connectivity index (χ0) is 23.4. The number of benzene rings is 2. The summed E-state index contributed by atoms with van der Waals surface area (Å²) in [6.45, 7) is 4.62. The third kappa shape index (κ3) is 4.91. The lowest BCUT2D eigenvalue weighted by Gasteiger charge is -2.24. The van der Waals surface area contributed by atoms with Gasteiger partial charge in [0.25, 0.3) is 0 Å². The van der Waals surface area contributed by atoms with Crippen molar-refractivity contribution in [1.29, 1.82) is 0 Å². The van der Waals surface area contributed by atoms with Crippen LogP contribution in [0.5, 0.6) is 0 Å². The summed E-state index contributed by atoms with van der Waals surface area (Å²) in [5.74, 6) is -2.75. The molecule has 0 saturated carbocycles. The van der Waals surface area contributed by atoms with Gasteiger partial charge in [0.2, 0.25) is 5.91 Å². The third-order valence-electron chi connectivity index (χ3n) is 5.90. The summed E-state index contributed by atoms with van der Waals surface area (Å²) in [6.07, 6.45) is -1.92. The van der Waals surface area contributed by atoms with E-state index in [-0.39, 0.29) is 12.5 Å². The Hall–Kier alpha value is -3.39. The van der Waals surface area contributed by atoms with Crippen LogP contribution in [0.25, 0.3) is 11.1 Å². The molecule has 2 amide bonds. The fourth-order valence-corrected chi connectivity index (χ4v) is 3.85. The molecule has 0 heterocycles. The maximum atomic E-state index is 12.4. The first kappa shape index (κ1) is 23.3. The van der Waals surface area contributed by atoms with Crippen LogP contribution in [0.4, 0.5) is 4.79 Å². The van der Waals surface area contributed by atoms with Gasteiger partial charge in [-0.25, -0.2) is 9.59 Å². The van der Waals surface area contributed by atoms with Gasteiger partial charge < -0.3 is 25.6 Å². The van der Waals surface area contributed by atoms with Crippen LogP contribution in [-0.4, -0.2) is 53.0 Å². The monoisotopic (exact) mass is 440 g/mol. The fourth-order valence-electron chi connectivity index (χ4n) is 3.85. The first-order valence-electron chi connectivity index (χ1n) is 10.5. The molecule has 0 spiro atoms. The molecule has 0 saturated heterocycles. The number of aliphatic hydroxyl groups is 1. The second-order valence-electron chi connectivity index (χ2n) is 8.11. The van der Waals surface area contributed by atoms with Crippen molar-refractivity contribution in [1.82, 2.24) is 10.6 Å². The second kappa shape index (κ2) is 9.82. The maximum absolute atomic E-state index is 12.4. The normalized spacial score (nSPS) is 16.1. The molecular formula is C24H28N2O6. The highest BCUT2D eigenvalue weighted by Gasteiger charge is 2.31. The number of hydrogen-bond donors (Lipinski definition) is 4. The standard InChI is InChI=1S/C24H28N2O6/c1-13(22(28)26-21(15(3)27)23(29)30)14(2)25-24(31)32-12-20-18-10-6-4-8-16(18)17-9-5-7-11-19(17)20/h4-11,13-15,20-21,27H,12H2,1-3H3,(H,25,31)(H,26,28)(H,29,30). The van der Waals surface area contributed by atoms with E-state index < -0.39 is 42.1 Å².